The number of amides is 1. The van der Waals surface area contributed by atoms with Crippen molar-refractivity contribution in [2.24, 2.45) is 0 Å². The predicted octanol–water partition coefficient (Wildman–Crippen LogP) is 1.90. The number of nitrogens with zero attached hydrogens (tertiary/aromatic N) is 2. The van der Waals surface area contributed by atoms with Gasteiger partial charge in [-0.05, 0) is 12.1 Å². The maximum atomic E-state index is 12.2. The molecule has 0 aliphatic heterocycles. The highest BCUT2D eigenvalue weighted by atomic mass is 16.5. The van der Waals surface area contributed by atoms with Crippen LogP contribution in [0.15, 0.2) is 47.4 Å². The molecule has 4 N–H and O–H groups in total. The number of nitrogens with one attached hydrogen (secondary N) is 4. The first-order chi connectivity index (χ1) is 12.6. The Hall–Kier alpha value is -3.88. The van der Waals surface area contributed by atoms with Gasteiger partial charge in [-0.25, -0.2) is 0 Å². The second-order valence-corrected chi connectivity index (χ2v) is 5.51. The molecule has 0 spiro atoms. The first-order valence-electron chi connectivity index (χ1n) is 7.72. The number of aromatic amines is 3. The Morgan fingerprint density at radius 3 is 2.85 bits per heavy atom. The Labute approximate surface area is 146 Å². The minimum absolute atomic E-state index is 0.0766. The molecule has 130 valence electrons. The van der Waals surface area contributed by atoms with Gasteiger partial charge in [0.25, 0.3) is 5.91 Å². The van der Waals surface area contributed by atoms with Gasteiger partial charge in [0.2, 0.25) is 11.4 Å². The number of hydrogen-bond acceptors (Lipinski definition) is 5. The summed E-state index contributed by atoms with van der Waals surface area (Å²) in [5, 5.41) is 10.3. The van der Waals surface area contributed by atoms with Crippen LogP contribution in [0.2, 0.25) is 0 Å². The van der Waals surface area contributed by atoms with Crippen LogP contribution in [0.1, 0.15) is 10.5 Å². The minimum Gasteiger partial charge on any atom is -0.491 e. The van der Waals surface area contributed by atoms with E-state index in [0.717, 1.165) is 22.7 Å². The number of benzene rings is 1. The summed E-state index contributed by atoms with van der Waals surface area (Å²) in [6.45, 7) is 0. The van der Waals surface area contributed by atoms with Crippen molar-refractivity contribution in [1.29, 1.82) is 0 Å². The van der Waals surface area contributed by atoms with Crippen molar-refractivity contribution in [3.63, 3.8) is 0 Å². The van der Waals surface area contributed by atoms with Crippen LogP contribution < -0.4 is 15.5 Å². The molecule has 1 aromatic carbocycles. The van der Waals surface area contributed by atoms with Crippen molar-refractivity contribution in [2.45, 2.75) is 0 Å². The summed E-state index contributed by atoms with van der Waals surface area (Å²) in [6, 6.07) is 10.9. The normalized spacial score (nSPS) is 10.8. The third-order valence-corrected chi connectivity index (χ3v) is 3.84. The van der Waals surface area contributed by atoms with Gasteiger partial charge >= 0.3 is 0 Å². The number of ether oxygens (including phenoxy) is 1. The molecule has 0 aliphatic carbocycles. The topological polar surface area (TPSA) is 129 Å². The number of carbonyl (C=O) groups is 1. The molecule has 3 aromatic heterocycles. The summed E-state index contributed by atoms with van der Waals surface area (Å²) >= 11 is 0. The van der Waals surface area contributed by atoms with Gasteiger partial charge in [-0.15, -0.1) is 5.10 Å². The van der Waals surface area contributed by atoms with Gasteiger partial charge in [0.15, 0.2) is 11.6 Å². The molecule has 0 unspecified atom stereocenters. The molecule has 0 saturated carbocycles. The minimum atomic E-state index is -0.535. The van der Waals surface area contributed by atoms with Gasteiger partial charge < -0.3 is 14.7 Å². The van der Waals surface area contributed by atoms with E-state index in [0.29, 0.717) is 5.82 Å². The molecule has 4 rings (SSSR count). The first kappa shape index (κ1) is 15.6. The van der Waals surface area contributed by atoms with E-state index >= 15 is 0 Å². The van der Waals surface area contributed by atoms with Crippen molar-refractivity contribution < 1.29 is 9.53 Å². The van der Waals surface area contributed by atoms with Crippen molar-refractivity contribution in [3.8, 4) is 17.3 Å². The average Bonchev–Trinajstić information content (AvgIpc) is 3.28. The highest BCUT2D eigenvalue weighted by molar-refractivity contribution is 6.01. The quantitative estimate of drug-likeness (QED) is 0.447. The van der Waals surface area contributed by atoms with Gasteiger partial charge in [0, 0.05) is 23.2 Å². The van der Waals surface area contributed by atoms with E-state index in [-0.39, 0.29) is 17.4 Å². The molecule has 4 aromatic rings. The third kappa shape index (κ3) is 2.81. The summed E-state index contributed by atoms with van der Waals surface area (Å²) in [6.07, 6.45) is 1.32. The van der Waals surface area contributed by atoms with Crippen LogP contribution in [0.4, 0.5) is 5.95 Å². The Morgan fingerprint density at radius 2 is 2.08 bits per heavy atom. The van der Waals surface area contributed by atoms with Crippen LogP contribution >= 0.6 is 0 Å². The van der Waals surface area contributed by atoms with E-state index in [1.54, 1.807) is 0 Å². The maximum Gasteiger partial charge on any atom is 0.274 e. The molecule has 9 heteroatoms. The number of fused-ring (bicyclic) bond motifs is 1. The van der Waals surface area contributed by atoms with Crippen LogP contribution in [-0.4, -0.2) is 38.2 Å². The molecule has 0 radical (unpaired) electrons. The SMILES string of the molecule is COc1c[nH]c(C(=O)Nc2n[nH]c(-c3cc4ccccc4[nH]3)n2)cc1=O. The molecule has 0 bridgehead atoms. The largest absolute Gasteiger partial charge is 0.491 e. The van der Waals surface area contributed by atoms with Gasteiger partial charge in [-0.2, -0.15) is 4.98 Å². The lowest BCUT2D eigenvalue weighted by molar-refractivity contribution is 0.102. The highest BCUT2D eigenvalue weighted by Gasteiger charge is 2.14. The van der Waals surface area contributed by atoms with Crippen LogP contribution in [0.25, 0.3) is 22.4 Å². The molecule has 0 aliphatic rings. The molecule has 26 heavy (non-hydrogen) atoms. The van der Waals surface area contributed by atoms with Crippen LogP contribution in [0.3, 0.4) is 0 Å². The number of para-hydroxylation sites is 1. The van der Waals surface area contributed by atoms with Gasteiger partial charge in [-0.3, -0.25) is 20.0 Å². The average molecular weight is 350 g/mol. The fraction of sp³-hybridized carbons (Fsp3) is 0.0588. The van der Waals surface area contributed by atoms with E-state index in [4.69, 9.17) is 4.74 Å². The zero-order valence-electron chi connectivity index (χ0n) is 13.7. The first-order valence-corrected chi connectivity index (χ1v) is 7.72. The second-order valence-electron chi connectivity index (χ2n) is 5.51. The summed E-state index contributed by atoms with van der Waals surface area (Å²) < 4.78 is 4.87. The highest BCUT2D eigenvalue weighted by Crippen LogP contribution is 2.21. The summed E-state index contributed by atoms with van der Waals surface area (Å²) in [5.41, 5.74) is 1.40. The van der Waals surface area contributed by atoms with Crippen LogP contribution in [0, 0.1) is 0 Å². The van der Waals surface area contributed by atoms with Gasteiger partial charge in [0.1, 0.15) is 5.69 Å². The number of pyridine rings is 1. The number of methoxy groups -OCH3 is 1. The lowest BCUT2D eigenvalue weighted by atomic mass is 10.2. The maximum absolute atomic E-state index is 12.2. The number of rotatable bonds is 4. The summed E-state index contributed by atoms with van der Waals surface area (Å²) in [7, 11) is 1.38. The molecule has 3 heterocycles. The molecular weight excluding hydrogens is 336 g/mol. The Bertz CT molecular complexity index is 1120. The van der Waals surface area contributed by atoms with Crippen LogP contribution in [-0.2, 0) is 0 Å². The number of H-pyrrole nitrogens is 3. The lowest BCUT2D eigenvalue weighted by Gasteiger charge is -2.02. The third-order valence-electron chi connectivity index (χ3n) is 3.84. The van der Waals surface area contributed by atoms with Gasteiger partial charge in [0.05, 0.1) is 12.8 Å². The summed E-state index contributed by atoms with van der Waals surface area (Å²) in [4.78, 5) is 34.1. The standard InChI is InChI=1S/C17H14N6O3/c1-26-14-8-18-12(7-13(14)24)16(25)21-17-20-15(22-23-17)11-6-9-4-2-3-5-10(9)19-11/h2-8,19H,1H3,(H,18,24)(H2,20,21,22,23,25). The second kappa shape index (κ2) is 6.20. The lowest BCUT2D eigenvalue weighted by Crippen LogP contribution is -2.18. The zero-order valence-corrected chi connectivity index (χ0v) is 13.7. The van der Waals surface area contributed by atoms with Crippen molar-refractivity contribution >= 4 is 22.8 Å². The van der Waals surface area contributed by atoms with E-state index in [2.05, 4.69) is 30.5 Å². The number of anilines is 1. The summed E-state index contributed by atoms with van der Waals surface area (Å²) in [5.74, 6) is 0.174. The molecule has 1 amide bonds. The molecular formula is C17H14N6O3. The Kier molecular flexibility index (Phi) is 3.73. The molecule has 9 nitrogen and oxygen atoms in total. The van der Waals surface area contributed by atoms with E-state index < -0.39 is 11.3 Å². The van der Waals surface area contributed by atoms with Crippen LogP contribution in [0.5, 0.6) is 5.75 Å². The fourth-order valence-electron chi connectivity index (χ4n) is 2.56. The Morgan fingerprint density at radius 1 is 1.23 bits per heavy atom. The van der Waals surface area contributed by atoms with Crippen molar-refractivity contribution in [1.82, 2.24) is 25.1 Å². The van der Waals surface area contributed by atoms with Crippen molar-refractivity contribution in [3.05, 3.63) is 58.5 Å². The monoisotopic (exact) mass is 350 g/mol. The van der Waals surface area contributed by atoms with Crippen molar-refractivity contribution in [2.75, 3.05) is 12.4 Å². The Balaban J connectivity index is 1.55. The molecule has 0 atom stereocenters. The predicted molar refractivity (Wildman–Crippen MR) is 95.2 cm³/mol. The number of hydrogen-bond donors (Lipinski definition) is 4. The van der Waals surface area contributed by atoms with E-state index in [1.807, 2.05) is 30.3 Å². The zero-order chi connectivity index (χ0) is 18.1. The molecule has 0 fully saturated rings. The number of aromatic nitrogens is 5. The number of carbonyl (C=O) groups excluding carboxylic acids is 1. The smallest absolute Gasteiger partial charge is 0.274 e. The van der Waals surface area contributed by atoms with Gasteiger partial charge in [-0.1, -0.05) is 18.2 Å². The van der Waals surface area contributed by atoms with E-state index in [9.17, 15) is 9.59 Å². The fourth-order valence-corrected chi connectivity index (χ4v) is 2.56. The van der Waals surface area contributed by atoms with E-state index in [1.165, 1.54) is 13.3 Å². The molecule has 0 saturated heterocycles.